The Morgan fingerprint density at radius 3 is 2.15 bits per heavy atom. The van der Waals surface area contributed by atoms with Crippen molar-refractivity contribution in [2.24, 2.45) is 5.73 Å². The molecule has 0 saturated carbocycles. The fourth-order valence-corrected chi connectivity index (χ4v) is 3.14. The zero-order valence-electron chi connectivity index (χ0n) is 16.3. The summed E-state index contributed by atoms with van der Waals surface area (Å²) in [5.41, 5.74) is 9.98. The number of amides is 1. The third kappa shape index (κ3) is 6.14. The number of nitrogens with one attached hydrogen (secondary N) is 1. The second kappa shape index (κ2) is 11.0. The van der Waals surface area contributed by atoms with Gasteiger partial charge in [0.1, 0.15) is 0 Å². The van der Waals surface area contributed by atoms with Crippen LogP contribution >= 0.6 is 0 Å². The molecule has 0 aliphatic carbocycles. The van der Waals surface area contributed by atoms with Crippen LogP contribution in [0, 0.1) is 0 Å². The van der Waals surface area contributed by atoms with Gasteiger partial charge in [-0.25, -0.2) is 0 Å². The summed E-state index contributed by atoms with van der Waals surface area (Å²) in [4.78, 5) is 10.9. The van der Waals surface area contributed by atoms with E-state index in [2.05, 4.69) is 66.0 Å². The van der Waals surface area contributed by atoms with Gasteiger partial charge in [-0.05, 0) is 24.0 Å². The first-order valence-corrected chi connectivity index (χ1v) is 9.82. The fraction of sp³-hybridized carbons (Fsp3) is 0.292. The van der Waals surface area contributed by atoms with E-state index < -0.39 is 0 Å². The Bertz CT molecular complexity index is 770. The second-order valence-electron chi connectivity index (χ2n) is 6.34. The van der Waals surface area contributed by atoms with Crippen LogP contribution in [0.4, 0.5) is 0 Å². The highest BCUT2D eigenvalue weighted by molar-refractivity contribution is 5.95. The molecule has 0 aromatic heterocycles. The van der Waals surface area contributed by atoms with Crippen molar-refractivity contribution in [3.8, 4) is 0 Å². The number of hydrogen-bond donors (Lipinski definition) is 2. The molecule has 3 N–H and O–H groups in total. The van der Waals surface area contributed by atoms with Crippen molar-refractivity contribution in [2.75, 3.05) is 0 Å². The smallest absolute Gasteiger partial charge is 0.217 e. The molecule has 1 atom stereocenters. The SMILES string of the molecule is CC.NC(=O)CCCCC1C=CC(c2ccccc2)=C(c2ccccc2)N1.[HH]. The van der Waals surface area contributed by atoms with Crippen LogP contribution in [0.5, 0.6) is 0 Å². The standard InChI is InChI=1S/C22H24N2O.C2H6.H2/c23-21(25)14-8-7-13-19-15-16-20(17-9-3-1-4-10-17)22(24-19)18-11-5-2-6-12-18;1-2;/h1-6,9-12,15-16,19,24H,7-8,13-14H2,(H2,23,25);1-2H3;1H. The van der Waals surface area contributed by atoms with Crippen LogP contribution in [-0.2, 0) is 4.79 Å². The molecule has 0 radical (unpaired) electrons. The molecule has 0 spiro atoms. The Balaban J connectivity index is 0.00000127. The molecule has 1 aliphatic heterocycles. The number of primary amides is 1. The van der Waals surface area contributed by atoms with E-state index in [9.17, 15) is 4.79 Å². The van der Waals surface area contributed by atoms with Gasteiger partial charge >= 0.3 is 0 Å². The molecule has 0 saturated heterocycles. The first kappa shape index (κ1) is 20.5. The number of allylic oxidation sites excluding steroid dienone is 2. The van der Waals surface area contributed by atoms with Crippen molar-refractivity contribution in [3.63, 3.8) is 0 Å². The lowest BCUT2D eigenvalue weighted by Crippen LogP contribution is -2.29. The Labute approximate surface area is 164 Å². The summed E-state index contributed by atoms with van der Waals surface area (Å²) in [6.45, 7) is 4.00. The van der Waals surface area contributed by atoms with Gasteiger partial charge in [-0.2, -0.15) is 0 Å². The summed E-state index contributed by atoms with van der Waals surface area (Å²) >= 11 is 0. The highest BCUT2D eigenvalue weighted by Gasteiger charge is 2.17. The number of nitrogens with two attached hydrogens (primary N) is 1. The Morgan fingerprint density at radius 2 is 1.56 bits per heavy atom. The largest absolute Gasteiger partial charge is 0.378 e. The van der Waals surface area contributed by atoms with Gasteiger partial charge in [0.25, 0.3) is 0 Å². The zero-order valence-corrected chi connectivity index (χ0v) is 16.3. The topological polar surface area (TPSA) is 55.1 Å². The van der Waals surface area contributed by atoms with Crippen molar-refractivity contribution in [2.45, 2.75) is 45.6 Å². The minimum absolute atomic E-state index is 0. The van der Waals surface area contributed by atoms with Gasteiger partial charge in [-0.15, -0.1) is 0 Å². The average molecular weight is 365 g/mol. The van der Waals surface area contributed by atoms with Crippen molar-refractivity contribution in [1.29, 1.82) is 0 Å². The molecule has 0 fully saturated rings. The quantitative estimate of drug-likeness (QED) is 0.646. The minimum atomic E-state index is -0.219. The average Bonchev–Trinajstić information content (AvgIpc) is 2.74. The molecule has 2 aromatic carbocycles. The highest BCUT2D eigenvalue weighted by atomic mass is 16.1. The van der Waals surface area contributed by atoms with Gasteiger partial charge in [0.2, 0.25) is 5.91 Å². The number of dihydropyridines is 1. The van der Waals surface area contributed by atoms with Crippen LogP contribution in [0.3, 0.4) is 0 Å². The van der Waals surface area contributed by atoms with Crippen LogP contribution in [0.1, 0.15) is 52.1 Å². The van der Waals surface area contributed by atoms with Crippen molar-refractivity contribution in [3.05, 3.63) is 83.9 Å². The van der Waals surface area contributed by atoms with Gasteiger partial charge in [0.05, 0.1) is 0 Å². The Morgan fingerprint density at radius 1 is 0.963 bits per heavy atom. The molecule has 1 unspecified atom stereocenters. The van der Waals surface area contributed by atoms with E-state index in [1.807, 2.05) is 26.0 Å². The summed E-state index contributed by atoms with van der Waals surface area (Å²) in [6, 6.07) is 21.1. The van der Waals surface area contributed by atoms with E-state index in [1.54, 1.807) is 0 Å². The van der Waals surface area contributed by atoms with Crippen LogP contribution in [0.2, 0.25) is 0 Å². The molecule has 1 amide bonds. The predicted molar refractivity (Wildman–Crippen MR) is 117 cm³/mol. The summed E-state index contributed by atoms with van der Waals surface area (Å²) in [5, 5.41) is 3.68. The normalized spacial score (nSPS) is 15.6. The van der Waals surface area contributed by atoms with E-state index >= 15 is 0 Å². The zero-order chi connectivity index (χ0) is 19.5. The summed E-state index contributed by atoms with van der Waals surface area (Å²) in [5.74, 6) is -0.219. The van der Waals surface area contributed by atoms with E-state index in [0.717, 1.165) is 25.0 Å². The molecule has 0 bridgehead atoms. The van der Waals surface area contributed by atoms with Crippen molar-refractivity contribution in [1.82, 2.24) is 5.32 Å². The van der Waals surface area contributed by atoms with E-state index in [-0.39, 0.29) is 13.4 Å². The Hall–Kier alpha value is -2.81. The number of hydrogen-bond acceptors (Lipinski definition) is 2. The number of unbranched alkanes of at least 4 members (excludes halogenated alkanes) is 1. The molecule has 2 aromatic rings. The van der Waals surface area contributed by atoms with E-state index in [4.69, 9.17) is 5.73 Å². The molecule has 3 rings (SSSR count). The van der Waals surface area contributed by atoms with Crippen molar-refractivity contribution >= 4 is 17.2 Å². The van der Waals surface area contributed by atoms with Gasteiger partial charge in [0, 0.05) is 25.2 Å². The molecular formula is C24H32N2O. The molecule has 27 heavy (non-hydrogen) atoms. The second-order valence-corrected chi connectivity index (χ2v) is 6.34. The maximum absolute atomic E-state index is 10.9. The highest BCUT2D eigenvalue weighted by Crippen LogP contribution is 2.29. The first-order valence-electron chi connectivity index (χ1n) is 9.82. The maximum Gasteiger partial charge on any atom is 0.217 e. The third-order valence-corrected chi connectivity index (χ3v) is 4.43. The maximum atomic E-state index is 10.9. The summed E-state index contributed by atoms with van der Waals surface area (Å²) in [6.07, 6.45) is 7.71. The van der Waals surface area contributed by atoms with Crippen LogP contribution < -0.4 is 11.1 Å². The molecule has 144 valence electrons. The monoisotopic (exact) mass is 364 g/mol. The van der Waals surface area contributed by atoms with Gasteiger partial charge in [-0.3, -0.25) is 4.79 Å². The van der Waals surface area contributed by atoms with Gasteiger partial charge < -0.3 is 11.1 Å². The molecular weight excluding hydrogens is 332 g/mol. The molecule has 3 heteroatoms. The lowest BCUT2D eigenvalue weighted by molar-refractivity contribution is -0.118. The van der Waals surface area contributed by atoms with E-state index in [1.165, 1.54) is 16.7 Å². The lowest BCUT2D eigenvalue weighted by Gasteiger charge is -2.26. The molecule has 1 aliphatic rings. The number of carbonyl (C=O) groups excluding carboxylic acids is 1. The van der Waals surface area contributed by atoms with Gasteiger partial charge in [-0.1, -0.05) is 93.1 Å². The minimum Gasteiger partial charge on any atom is -0.378 e. The molecule has 1 heterocycles. The van der Waals surface area contributed by atoms with Crippen LogP contribution in [0.15, 0.2) is 72.8 Å². The summed E-state index contributed by atoms with van der Waals surface area (Å²) in [7, 11) is 0. The van der Waals surface area contributed by atoms with Gasteiger partial charge in [0.15, 0.2) is 0 Å². The Kier molecular flexibility index (Phi) is 8.37. The lowest BCUT2D eigenvalue weighted by atomic mass is 9.93. The first-order chi connectivity index (χ1) is 13.2. The van der Waals surface area contributed by atoms with Crippen LogP contribution in [0.25, 0.3) is 11.3 Å². The fourth-order valence-electron chi connectivity index (χ4n) is 3.14. The predicted octanol–water partition coefficient (Wildman–Crippen LogP) is 5.40. The number of benzene rings is 2. The number of carbonyl (C=O) groups is 1. The molecule has 3 nitrogen and oxygen atoms in total. The van der Waals surface area contributed by atoms with Crippen molar-refractivity contribution < 1.29 is 6.22 Å². The van der Waals surface area contributed by atoms with E-state index in [0.29, 0.717) is 6.42 Å². The summed E-state index contributed by atoms with van der Waals surface area (Å²) < 4.78 is 0. The number of rotatable bonds is 7. The third-order valence-electron chi connectivity index (χ3n) is 4.43. The van der Waals surface area contributed by atoms with Crippen LogP contribution in [-0.4, -0.2) is 11.9 Å².